The average molecular weight is 307 g/mol. The highest BCUT2D eigenvalue weighted by atomic mass is 35.5. The van der Waals surface area contributed by atoms with E-state index in [1.165, 1.54) is 25.7 Å². The van der Waals surface area contributed by atoms with E-state index in [4.69, 9.17) is 17.3 Å². The fourth-order valence-corrected chi connectivity index (χ4v) is 3.68. The first-order chi connectivity index (χ1) is 10.2. The van der Waals surface area contributed by atoms with Crippen molar-refractivity contribution in [1.82, 2.24) is 14.3 Å². The summed E-state index contributed by atoms with van der Waals surface area (Å²) in [6.07, 6.45) is 9.10. The van der Waals surface area contributed by atoms with Gasteiger partial charge in [0.1, 0.15) is 5.65 Å². The van der Waals surface area contributed by atoms with E-state index in [0.717, 1.165) is 29.5 Å². The zero-order valence-corrected chi connectivity index (χ0v) is 13.3. The van der Waals surface area contributed by atoms with Crippen LogP contribution in [0.4, 0.5) is 0 Å². The second-order valence-corrected chi connectivity index (χ2v) is 6.54. The van der Waals surface area contributed by atoms with E-state index in [0.29, 0.717) is 12.0 Å². The number of hydrogen-bond acceptors (Lipinski definition) is 3. The highest BCUT2D eigenvalue weighted by Crippen LogP contribution is 2.28. The van der Waals surface area contributed by atoms with E-state index in [1.54, 1.807) is 0 Å². The summed E-state index contributed by atoms with van der Waals surface area (Å²) < 4.78 is 1.99. The number of aromatic nitrogens is 2. The van der Waals surface area contributed by atoms with Gasteiger partial charge in [-0.2, -0.15) is 0 Å². The quantitative estimate of drug-likeness (QED) is 0.944. The van der Waals surface area contributed by atoms with Gasteiger partial charge >= 0.3 is 0 Å². The highest BCUT2D eigenvalue weighted by molar-refractivity contribution is 6.30. The topological polar surface area (TPSA) is 46.6 Å². The van der Waals surface area contributed by atoms with Crippen LogP contribution in [0.1, 0.15) is 31.4 Å². The summed E-state index contributed by atoms with van der Waals surface area (Å²) in [5, 5.41) is 0.732. The largest absolute Gasteiger partial charge is 0.330 e. The molecule has 0 aliphatic heterocycles. The first kappa shape index (κ1) is 14.8. The van der Waals surface area contributed by atoms with Gasteiger partial charge in [0.25, 0.3) is 0 Å². The third-order valence-corrected chi connectivity index (χ3v) is 4.84. The number of rotatable bonds is 4. The molecule has 1 saturated carbocycles. The number of nitrogens with zero attached hydrogens (tertiary/aromatic N) is 3. The van der Waals surface area contributed by atoms with Crippen LogP contribution in [0.3, 0.4) is 0 Å². The van der Waals surface area contributed by atoms with Gasteiger partial charge in [-0.25, -0.2) is 4.98 Å². The SMILES string of the molecule is CN(Cc1cn2cc(Cl)ccc2n1)C1CCCCC1CN. The number of halogens is 1. The zero-order valence-electron chi connectivity index (χ0n) is 12.5. The maximum atomic E-state index is 6.02. The van der Waals surface area contributed by atoms with Crippen LogP contribution in [0.5, 0.6) is 0 Å². The molecular formula is C16H23ClN4. The molecule has 4 nitrogen and oxygen atoms in total. The lowest BCUT2D eigenvalue weighted by Crippen LogP contribution is -2.42. The Hall–Kier alpha value is -1.10. The number of hydrogen-bond donors (Lipinski definition) is 1. The fraction of sp³-hybridized carbons (Fsp3) is 0.562. The Morgan fingerprint density at radius 2 is 2.14 bits per heavy atom. The standard InChI is InChI=1S/C16H23ClN4/c1-20(15-5-3-2-4-12(15)8-18)10-14-11-21-9-13(17)6-7-16(21)19-14/h6-7,9,11-12,15H,2-5,8,10,18H2,1H3. The zero-order chi connectivity index (χ0) is 14.8. The highest BCUT2D eigenvalue weighted by Gasteiger charge is 2.27. The molecular weight excluding hydrogens is 284 g/mol. The number of nitrogens with two attached hydrogens (primary N) is 1. The first-order valence-corrected chi connectivity index (χ1v) is 8.08. The van der Waals surface area contributed by atoms with Gasteiger partial charge in [-0.1, -0.05) is 24.4 Å². The molecule has 0 bridgehead atoms. The Labute approximate surface area is 130 Å². The molecule has 3 rings (SSSR count). The van der Waals surface area contributed by atoms with Crippen LogP contribution in [0.25, 0.3) is 5.65 Å². The normalized spacial score (nSPS) is 23.0. The van der Waals surface area contributed by atoms with Gasteiger partial charge in [0.2, 0.25) is 0 Å². The molecule has 1 aliphatic carbocycles. The molecule has 2 heterocycles. The summed E-state index contributed by atoms with van der Waals surface area (Å²) in [6.45, 7) is 1.65. The van der Waals surface area contributed by atoms with Crippen molar-refractivity contribution < 1.29 is 0 Å². The molecule has 1 fully saturated rings. The van der Waals surface area contributed by atoms with Crippen molar-refractivity contribution in [2.24, 2.45) is 11.7 Å². The van der Waals surface area contributed by atoms with Gasteiger partial charge < -0.3 is 10.1 Å². The van der Waals surface area contributed by atoms with Crippen LogP contribution >= 0.6 is 11.6 Å². The molecule has 2 unspecified atom stereocenters. The van der Waals surface area contributed by atoms with Crippen molar-refractivity contribution in [3.05, 3.63) is 35.2 Å². The Balaban J connectivity index is 1.74. The van der Waals surface area contributed by atoms with E-state index >= 15 is 0 Å². The third-order valence-electron chi connectivity index (χ3n) is 4.61. The van der Waals surface area contributed by atoms with Gasteiger partial charge in [0, 0.05) is 25.0 Å². The lowest BCUT2D eigenvalue weighted by molar-refractivity contribution is 0.126. The van der Waals surface area contributed by atoms with Gasteiger partial charge in [-0.05, 0) is 44.5 Å². The van der Waals surface area contributed by atoms with Crippen LogP contribution in [0, 0.1) is 5.92 Å². The third kappa shape index (κ3) is 3.23. The van der Waals surface area contributed by atoms with Crippen molar-refractivity contribution in [1.29, 1.82) is 0 Å². The minimum atomic E-state index is 0.581. The van der Waals surface area contributed by atoms with E-state index in [2.05, 4.69) is 23.1 Å². The second-order valence-electron chi connectivity index (χ2n) is 6.11. The smallest absolute Gasteiger partial charge is 0.137 e. The average Bonchev–Trinajstić information content (AvgIpc) is 2.88. The minimum absolute atomic E-state index is 0.581. The number of pyridine rings is 1. The van der Waals surface area contributed by atoms with Gasteiger partial charge in [0.15, 0.2) is 0 Å². The van der Waals surface area contributed by atoms with Crippen molar-refractivity contribution >= 4 is 17.2 Å². The predicted molar refractivity (Wildman–Crippen MR) is 86.5 cm³/mol. The Morgan fingerprint density at radius 1 is 1.33 bits per heavy atom. The van der Waals surface area contributed by atoms with Crippen LogP contribution in [-0.2, 0) is 6.54 Å². The Bertz CT molecular complexity index is 609. The molecule has 2 aromatic heterocycles. The van der Waals surface area contributed by atoms with E-state index < -0.39 is 0 Å². The molecule has 0 amide bonds. The molecule has 0 radical (unpaired) electrons. The van der Waals surface area contributed by atoms with Gasteiger partial charge in [-0.15, -0.1) is 0 Å². The molecule has 2 N–H and O–H groups in total. The summed E-state index contributed by atoms with van der Waals surface area (Å²) in [6, 6.07) is 4.41. The van der Waals surface area contributed by atoms with E-state index in [1.807, 2.05) is 22.7 Å². The van der Waals surface area contributed by atoms with Crippen LogP contribution in [-0.4, -0.2) is 33.9 Å². The lowest BCUT2D eigenvalue weighted by atomic mass is 9.83. The van der Waals surface area contributed by atoms with Gasteiger partial charge in [0.05, 0.1) is 10.7 Å². The monoisotopic (exact) mass is 306 g/mol. The first-order valence-electron chi connectivity index (χ1n) is 7.71. The maximum Gasteiger partial charge on any atom is 0.137 e. The molecule has 114 valence electrons. The van der Waals surface area contributed by atoms with E-state index in [9.17, 15) is 0 Å². The second kappa shape index (κ2) is 6.34. The maximum absolute atomic E-state index is 6.02. The molecule has 2 aromatic rings. The molecule has 5 heteroatoms. The van der Waals surface area contributed by atoms with Gasteiger partial charge in [-0.3, -0.25) is 4.90 Å². The van der Waals surface area contributed by atoms with E-state index in [-0.39, 0.29) is 0 Å². The fourth-order valence-electron chi connectivity index (χ4n) is 3.51. The number of fused-ring (bicyclic) bond motifs is 1. The van der Waals surface area contributed by atoms with Crippen molar-refractivity contribution in [2.75, 3.05) is 13.6 Å². The molecule has 0 aromatic carbocycles. The Morgan fingerprint density at radius 3 is 2.95 bits per heavy atom. The van der Waals surface area contributed by atoms with Crippen molar-refractivity contribution in [2.45, 2.75) is 38.3 Å². The van der Waals surface area contributed by atoms with Crippen LogP contribution in [0.2, 0.25) is 5.02 Å². The summed E-state index contributed by atoms with van der Waals surface area (Å²) in [7, 11) is 2.19. The number of imidazole rings is 1. The van der Waals surface area contributed by atoms with Crippen LogP contribution < -0.4 is 5.73 Å². The summed E-state index contributed by atoms with van der Waals surface area (Å²) in [5.74, 6) is 0.621. The molecule has 2 atom stereocenters. The molecule has 21 heavy (non-hydrogen) atoms. The predicted octanol–water partition coefficient (Wildman–Crippen LogP) is 2.94. The summed E-state index contributed by atoms with van der Waals surface area (Å²) in [5.41, 5.74) is 7.97. The lowest BCUT2D eigenvalue weighted by Gasteiger charge is -2.37. The minimum Gasteiger partial charge on any atom is -0.330 e. The van der Waals surface area contributed by atoms with Crippen molar-refractivity contribution in [3.8, 4) is 0 Å². The molecule has 1 aliphatic rings. The molecule has 0 saturated heterocycles. The molecule has 0 spiro atoms. The summed E-state index contributed by atoms with van der Waals surface area (Å²) in [4.78, 5) is 7.09. The Kier molecular flexibility index (Phi) is 4.48. The summed E-state index contributed by atoms with van der Waals surface area (Å²) >= 11 is 6.02. The van der Waals surface area contributed by atoms with Crippen molar-refractivity contribution in [3.63, 3.8) is 0 Å². The van der Waals surface area contributed by atoms with Crippen LogP contribution in [0.15, 0.2) is 24.5 Å².